The molecule has 0 aliphatic carbocycles. The van der Waals surface area contributed by atoms with E-state index in [1.54, 1.807) is 4.68 Å². The lowest BCUT2D eigenvalue weighted by Gasteiger charge is -2.08. The average Bonchev–Trinajstić information content (AvgIpc) is 2.90. The molecule has 0 aliphatic rings. The number of nitrogens with zero attached hydrogens (tertiary/aromatic N) is 4. The monoisotopic (exact) mass is 343 g/mol. The molecule has 0 spiro atoms. The van der Waals surface area contributed by atoms with E-state index < -0.39 is 0 Å². The summed E-state index contributed by atoms with van der Waals surface area (Å²) in [7, 11) is 0. The predicted molar refractivity (Wildman–Crippen MR) is 85.6 cm³/mol. The van der Waals surface area contributed by atoms with Crippen LogP contribution in [0.15, 0.2) is 46.9 Å². The maximum Gasteiger partial charge on any atom is 0.183 e. The molecule has 6 heteroatoms. The van der Waals surface area contributed by atoms with Gasteiger partial charge in [0.15, 0.2) is 5.82 Å². The Morgan fingerprint density at radius 3 is 2.81 bits per heavy atom. The van der Waals surface area contributed by atoms with E-state index in [0.717, 1.165) is 15.6 Å². The van der Waals surface area contributed by atoms with Crippen molar-refractivity contribution in [2.24, 2.45) is 0 Å². The number of nitrogen functional groups attached to an aromatic ring is 1. The van der Waals surface area contributed by atoms with Gasteiger partial charge in [-0.3, -0.25) is 0 Å². The quantitative estimate of drug-likeness (QED) is 0.742. The molecule has 0 fully saturated rings. The van der Waals surface area contributed by atoms with Crippen molar-refractivity contribution in [2.75, 3.05) is 5.73 Å². The van der Waals surface area contributed by atoms with E-state index in [0.29, 0.717) is 18.1 Å². The first-order chi connectivity index (χ1) is 10.1. The topological polar surface area (TPSA) is 69.6 Å². The molecule has 3 aromatic rings. The molecule has 5 nitrogen and oxygen atoms in total. The molecule has 0 saturated heterocycles. The van der Waals surface area contributed by atoms with Crippen molar-refractivity contribution in [3.8, 4) is 11.4 Å². The van der Waals surface area contributed by atoms with Crippen LogP contribution in [0.1, 0.15) is 11.1 Å². The first kappa shape index (κ1) is 13.8. The molecule has 0 amide bonds. The Bertz CT molecular complexity index is 781. The third-order valence-corrected chi connectivity index (χ3v) is 4.10. The molecule has 2 N–H and O–H groups in total. The smallest absolute Gasteiger partial charge is 0.183 e. The summed E-state index contributed by atoms with van der Waals surface area (Å²) < 4.78 is 2.58. The molecular weight excluding hydrogens is 330 g/mol. The van der Waals surface area contributed by atoms with Crippen LogP contribution in [0.4, 0.5) is 5.69 Å². The molecule has 21 heavy (non-hydrogen) atoms. The normalized spacial score (nSPS) is 10.8. The Balaban J connectivity index is 2.00. The van der Waals surface area contributed by atoms with Gasteiger partial charge >= 0.3 is 0 Å². The summed E-state index contributed by atoms with van der Waals surface area (Å²) in [6.07, 6.45) is 0. The number of hydrogen-bond donors (Lipinski definition) is 1. The Morgan fingerprint density at radius 2 is 2.00 bits per heavy atom. The Hall–Kier alpha value is -2.21. The van der Waals surface area contributed by atoms with Crippen LogP contribution in [-0.4, -0.2) is 20.2 Å². The number of benzene rings is 2. The Morgan fingerprint density at radius 1 is 1.19 bits per heavy atom. The summed E-state index contributed by atoms with van der Waals surface area (Å²) >= 11 is 3.50. The first-order valence-electron chi connectivity index (χ1n) is 6.51. The van der Waals surface area contributed by atoms with Crippen molar-refractivity contribution >= 4 is 21.6 Å². The van der Waals surface area contributed by atoms with Gasteiger partial charge in [-0.25, -0.2) is 4.68 Å². The minimum absolute atomic E-state index is 0.616. The van der Waals surface area contributed by atoms with Crippen LogP contribution in [0, 0.1) is 6.92 Å². The van der Waals surface area contributed by atoms with E-state index >= 15 is 0 Å². The lowest BCUT2D eigenvalue weighted by molar-refractivity contribution is 0.653. The van der Waals surface area contributed by atoms with Crippen LogP contribution in [-0.2, 0) is 6.54 Å². The minimum Gasteiger partial charge on any atom is -0.398 e. The fourth-order valence-electron chi connectivity index (χ4n) is 2.21. The molecule has 1 heterocycles. The Kier molecular flexibility index (Phi) is 3.70. The van der Waals surface area contributed by atoms with Crippen molar-refractivity contribution in [2.45, 2.75) is 13.5 Å². The number of nitrogens with two attached hydrogens (primary N) is 1. The van der Waals surface area contributed by atoms with Crippen molar-refractivity contribution in [1.29, 1.82) is 0 Å². The van der Waals surface area contributed by atoms with Crippen molar-refractivity contribution < 1.29 is 0 Å². The summed E-state index contributed by atoms with van der Waals surface area (Å²) in [4.78, 5) is 0. The largest absolute Gasteiger partial charge is 0.398 e. The standard InChI is InChI=1S/C15H14BrN5/c1-10-4-2-5-11(8-10)9-21-15(18-19-20-21)12-6-3-7-13(17)14(12)16/h2-8H,9,17H2,1H3. The van der Waals surface area contributed by atoms with E-state index in [1.165, 1.54) is 5.56 Å². The highest BCUT2D eigenvalue weighted by molar-refractivity contribution is 9.10. The fourth-order valence-corrected chi connectivity index (χ4v) is 2.65. The third kappa shape index (κ3) is 2.80. The summed E-state index contributed by atoms with van der Waals surface area (Å²) in [5, 5.41) is 12.0. The third-order valence-electron chi connectivity index (χ3n) is 3.22. The van der Waals surface area contributed by atoms with Gasteiger partial charge in [0.05, 0.1) is 11.0 Å². The second kappa shape index (κ2) is 5.65. The van der Waals surface area contributed by atoms with E-state index in [-0.39, 0.29) is 0 Å². The van der Waals surface area contributed by atoms with E-state index in [4.69, 9.17) is 5.73 Å². The second-order valence-electron chi connectivity index (χ2n) is 4.86. The summed E-state index contributed by atoms with van der Waals surface area (Å²) in [5.74, 6) is 0.690. The first-order valence-corrected chi connectivity index (χ1v) is 7.30. The number of hydrogen-bond acceptors (Lipinski definition) is 4. The van der Waals surface area contributed by atoms with Crippen LogP contribution < -0.4 is 5.73 Å². The molecule has 0 bridgehead atoms. The number of anilines is 1. The van der Waals surface area contributed by atoms with Crippen LogP contribution in [0.25, 0.3) is 11.4 Å². The zero-order chi connectivity index (χ0) is 14.8. The van der Waals surface area contributed by atoms with Gasteiger partial charge in [-0.2, -0.15) is 0 Å². The Labute approximate surface area is 130 Å². The SMILES string of the molecule is Cc1cccc(Cn2nnnc2-c2cccc(N)c2Br)c1. The van der Waals surface area contributed by atoms with Gasteiger partial charge in [-0.15, -0.1) is 5.10 Å². The highest BCUT2D eigenvalue weighted by Gasteiger charge is 2.13. The van der Waals surface area contributed by atoms with Crippen LogP contribution >= 0.6 is 15.9 Å². The number of tetrazole rings is 1. The molecule has 0 radical (unpaired) electrons. The van der Waals surface area contributed by atoms with Gasteiger partial charge in [0.1, 0.15) is 0 Å². The lowest BCUT2D eigenvalue weighted by atomic mass is 10.1. The summed E-state index contributed by atoms with van der Waals surface area (Å²) in [6, 6.07) is 14.0. The second-order valence-corrected chi connectivity index (χ2v) is 5.65. The summed E-state index contributed by atoms with van der Waals surface area (Å²) in [6.45, 7) is 2.68. The van der Waals surface area contributed by atoms with E-state index in [1.807, 2.05) is 24.3 Å². The van der Waals surface area contributed by atoms with Gasteiger partial charge in [0.25, 0.3) is 0 Å². The van der Waals surface area contributed by atoms with Crippen molar-refractivity contribution in [3.63, 3.8) is 0 Å². The highest BCUT2D eigenvalue weighted by atomic mass is 79.9. The number of aryl methyl sites for hydroxylation is 1. The molecular formula is C15H14BrN5. The molecule has 0 unspecified atom stereocenters. The average molecular weight is 344 g/mol. The van der Waals surface area contributed by atoms with Gasteiger partial charge in [-0.05, 0) is 51.0 Å². The maximum absolute atomic E-state index is 5.92. The molecule has 106 valence electrons. The zero-order valence-electron chi connectivity index (χ0n) is 11.5. The van der Waals surface area contributed by atoms with Crippen LogP contribution in [0.3, 0.4) is 0 Å². The van der Waals surface area contributed by atoms with Gasteiger partial charge in [-0.1, -0.05) is 35.9 Å². The summed E-state index contributed by atoms with van der Waals surface area (Å²) in [5.41, 5.74) is 9.84. The zero-order valence-corrected chi connectivity index (χ0v) is 13.1. The molecule has 3 rings (SSSR count). The number of rotatable bonds is 3. The van der Waals surface area contributed by atoms with Gasteiger partial charge < -0.3 is 5.73 Å². The number of halogens is 1. The molecule has 0 saturated carbocycles. The molecule has 1 aromatic heterocycles. The maximum atomic E-state index is 5.92. The molecule has 0 aliphatic heterocycles. The fraction of sp³-hybridized carbons (Fsp3) is 0.133. The van der Waals surface area contributed by atoms with E-state index in [2.05, 4.69) is 56.6 Å². The molecule has 2 aromatic carbocycles. The van der Waals surface area contributed by atoms with Gasteiger partial charge in [0, 0.05) is 11.3 Å². The van der Waals surface area contributed by atoms with Crippen molar-refractivity contribution in [3.05, 3.63) is 58.1 Å². The van der Waals surface area contributed by atoms with E-state index in [9.17, 15) is 0 Å². The van der Waals surface area contributed by atoms with Crippen molar-refractivity contribution in [1.82, 2.24) is 20.2 Å². The number of aromatic nitrogens is 4. The highest BCUT2D eigenvalue weighted by Crippen LogP contribution is 2.31. The van der Waals surface area contributed by atoms with Crippen LogP contribution in [0.2, 0.25) is 0 Å². The lowest BCUT2D eigenvalue weighted by Crippen LogP contribution is -2.05. The predicted octanol–water partition coefficient (Wildman–Crippen LogP) is 3.04. The molecule has 0 atom stereocenters. The minimum atomic E-state index is 0.616. The van der Waals surface area contributed by atoms with Gasteiger partial charge in [0.2, 0.25) is 0 Å². The van der Waals surface area contributed by atoms with Crippen LogP contribution in [0.5, 0.6) is 0 Å².